The number of carbonyl (C=O) groups is 1. The number of nitrogens with two attached hydrogens (primary N) is 1. The van der Waals surface area contributed by atoms with Crippen molar-refractivity contribution >= 4 is 33.2 Å². The Morgan fingerprint density at radius 2 is 2.16 bits per heavy atom. The molecule has 8 heteroatoms. The highest BCUT2D eigenvalue weighted by molar-refractivity contribution is 7.89. The van der Waals surface area contributed by atoms with Gasteiger partial charge in [0.2, 0.25) is 15.9 Å². The maximum absolute atomic E-state index is 12.2. The summed E-state index contributed by atoms with van der Waals surface area (Å²) in [7, 11) is -3.83. The molecular formula is C11H14ClN3O3S. The molecule has 0 bridgehead atoms. The minimum absolute atomic E-state index is 0.0521. The van der Waals surface area contributed by atoms with Crippen LogP contribution in [0.25, 0.3) is 0 Å². The summed E-state index contributed by atoms with van der Waals surface area (Å²) in [4.78, 5) is 11.5. The van der Waals surface area contributed by atoms with E-state index in [4.69, 9.17) is 17.3 Å². The van der Waals surface area contributed by atoms with Gasteiger partial charge < -0.3 is 11.1 Å². The second kappa shape index (κ2) is 5.36. The Hall–Kier alpha value is -1.31. The molecule has 1 aromatic carbocycles. The Morgan fingerprint density at radius 1 is 1.42 bits per heavy atom. The van der Waals surface area contributed by atoms with Crippen molar-refractivity contribution in [3.8, 4) is 0 Å². The molecule has 1 aliphatic rings. The van der Waals surface area contributed by atoms with Crippen molar-refractivity contribution in [3.63, 3.8) is 0 Å². The molecule has 2 rings (SSSR count). The number of anilines is 1. The molecular weight excluding hydrogens is 290 g/mol. The summed E-state index contributed by atoms with van der Waals surface area (Å²) in [6.07, 6.45) is 1.20. The highest BCUT2D eigenvalue weighted by Gasteiger charge is 2.28. The maximum Gasteiger partial charge on any atom is 0.243 e. The first-order valence-corrected chi connectivity index (χ1v) is 7.61. The number of benzene rings is 1. The van der Waals surface area contributed by atoms with E-state index in [1.54, 1.807) is 0 Å². The fraction of sp³-hybridized carbons (Fsp3) is 0.364. The van der Waals surface area contributed by atoms with Gasteiger partial charge in [0, 0.05) is 11.6 Å². The third-order valence-corrected chi connectivity index (χ3v) is 4.62. The van der Waals surface area contributed by atoms with E-state index < -0.39 is 16.1 Å². The molecule has 1 atom stereocenters. The fourth-order valence-corrected chi connectivity index (χ4v) is 3.42. The first-order chi connectivity index (χ1) is 8.90. The second-order valence-electron chi connectivity index (χ2n) is 4.29. The summed E-state index contributed by atoms with van der Waals surface area (Å²) in [5.41, 5.74) is 5.70. The zero-order valence-corrected chi connectivity index (χ0v) is 11.6. The maximum atomic E-state index is 12.2. The van der Waals surface area contributed by atoms with Crippen molar-refractivity contribution in [2.24, 2.45) is 0 Å². The van der Waals surface area contributed by atoms with Gasteiger partial charge in [-0.3, -0.25) is 4.79 Å². The molecule has 0 spiro atoms. The van der Waals surface area contributed by atoms with E-state index in [1.807, 2.05) is 0 Å². The smallest absolute Gasteiger partial charge is 0.243 e. The number of rotatable bonds is 3. The zero-order chi connectivity index (χ0) is 14.0. The van der Waals surface area contributed by atoms with E-state index >= 15 is 0 Å². The molecule has 6 nitrogen and oxygen atoms in total. The minimum atomic E-state index is -3.83. The lowest BCUT2D eigenvalue weighted by Gasteiger charge is -2.22. The molecule has 19 heavy (non-hydrogen) atoms. The van der Waals surface area contributed by atoms with Crippen molar-refractivity contribution in [1.82, 2.24) is 10.0 Å². The third kappa shape index (κ3) is 3.17. The van der Waals surface area contributed by atoms with E-state index in [2.05, 4.69) is 10.0 Å². The predicted molar refractivity (Wildman–Crippen MR) is 72.2 cm³/mol. The molecule has 1 aliphatic heterocycles. The zero-order valence-electron chi connectivity index (χ0n) is 10.0. The Bertz CT molecular complexity index is 603. The first-order valence-electron chi connectivity index (χ1n) is 5.75. The number of sulfonamides is 1. The molecule has 0 saturated carbocycles. The number of nitrogens with one attached hydrogen (secondary N) is 2. The largest absolute Gasteiger partial charge is 0.398 e. The highest BCUT2D eigenvalue weighted by atomic mass is 35.5. The number of amides is 1. The van der Waals surface area contributed by atoms with Crippen LogP contribution in [0.2, 0.25) is 5.02 Å². The summed E-state index contributed by atoms with van der Waals surface area (Å²) in [5.74, 6) is -0.317. The van der Waals surface area contributed by atoms with Gasteiger partial charge in [-0.15, -0.1) is 0 Å². The Morgan fingerprint density at radius 3 is 2.79 bits per heavy atom. The number of hydrogen-bond donors (Lipinski definition) is 3. The van der Waals surface area contributed by atoms with Crippen molar-refractivity contribution in [3.05, 3.63) is 23.2 Å². The van der Waals surface area contributed by atoms with Gasteiger partial charge in [-0.1, -0.05) is 11.6 Å². The molecule has 1 saturated heterocycles. The van der Waals surface area contributed by atoms with Crippen molar-refractivity contribution in [2.45, 2.75) is 23.8 Å². The van der Waals surface area contributed by atoms with Crippen LogP contribution >= 0.6 is 11.6 Å². The van der Waals surface area contributed by atoms with Crippen LogP contribution in [0.1, 0.15) is 12.8 Å². The summed E-state index contributed by atoms with van der Waals surface area (Å²) < 4.78 is 26.7. The minimum Gasteiger partial charge on any atom is -0.398 e. The van der Waals surface area contributed by atoms with Gasteiger partial charge in [0.25, 0.3) is 0 Å². The Kier molecular flexibility index (Phi) is 3.98. The van der Waals surface area contributed by atoms with E-state index in [0.717, 1.165) is 6.42 Å². The summed E-state index contributed by atoms with van der Waals surface area (Å²) in [6.45, 7) is 0.570. The quantitative estimate of drug-likeness (QED) is 0.707. The molecule has 4 N–H and O–H groups in total. The number of carbonyl (C=O) groups excluding carboxylic acids is 1. The van der Waals surface area contributed by atoms with Crippen LogP contribution in [0, 0.1) is 0 Å². The fourth-order valence-electron chi connectivity index (χ4n) is 1.90. The van der Waals surface area contributed by atoms with E-state index in [-0.39, 0.29) is 16.5 Å². The van der Waals surface area contributed by atoms with Crippen LogP contribution in [-0.4, -0.2) is 26.9 Å². The lowest BCUT2D eigenvalue weighted by molar-refractivity contribution is -0.124. The molecule has 0 aromatic heterocycles. The third-order valence-electron chi connectivity index (χ3n) is 2.84. The molecule has 0 radical (unpaired) electrons. The predicted octanol–water partition coefficient (Wildman–Crippen LogP) is 0.479. The van der Waals surface area contributed by atoms with Gasteiger partial charge >= 0.3 is 0 Å². The molecule has 104 valence electrons. The molecule has 1 heterocycles. The van der Waals surface area contributed by atoms with Gasteiger partial charge in [0.05, 0.1) is 5.69 Å². The van der Waals surface area contributed by atoms with Gasteiger partial charge in [-0.05, 0) is 31.0 Å². The normalized spacial score (nSPS) is 20.1. The van der Waals surface area contributed by atoms with Crippen LogP contribution in [-0.2, 0) is 14.8 Å². The topological polar surface area (TPSA) is 101 Å². The number of nitrogen functional groups attached to an aromatic ring is 1. The molecule has 1 aromatic rings. The molecule has 1 unspecified atom stereocenters. The average Bonchev–Trinajstić information content (AvgIpc) is 2.31. The van der Waals surface area contributed by atoms with Crippen molar-refractivity contribution < 1.29 is 13.2 Å². The van der Waals surface area contributed by atoms with Gasteiger partial charge in [0.1, 0.15) is 10.9 Å². The molecule has 1 amide bonds. The van der Waals surface area contributed by atoms with Crippen molar-refractivity contribution in [1.29, 1.82) is 0 Å². The SMILES string of the molecule is Nc1cc(Cl)ccc1S(=O)(=O)NC1CCCNC1=O. The number of halogens is 1. The van der Waals surface area contributed by atoms with E-state index in [1.165, 1.54) is 18.2 Å². The van der Waals surface area contributed by atoms with Crippen LogP contribution < -0.4 is 15.8 Å². The number of hydrogen-bond acceptors (Lipinski definition) is 4. The van der Waals surface area contributed by atoms with Gasteiger partial charge in [0.15, 0.2) is 0 Å². The van der Waals surface area contributed by atoms with E-state index in [9.17, 15) is 13.2 Å². The van der Waals surface area contributed by atoms with Crippen LogP contribution in [0.15, 0.2) is 23.1 Å². The lowest BCUT2D eigenvalue weighted by atomic mass is 10.1. The lowest BCUT2D eigenvalue weighted by Crippen LogP contribution is -2.50. The van der Waals surface area contributed by atoms with Crippen molar-refractivity contribution in [2.75, 3.05) is 12.3 Å². The summed E-state index contributed by atoms with van der Waals surface area (Å²) in [5, 5.41) is 2.97. The van der Waals surface area contributed by atoms with Gasteiger partial charge in [-0.25, -0.2) is 8.42 Å². The Balaban J connectivity index is 2.24. The summed E-state index contributed by atoms with van der Waals surface area (Å²) in [6, 6.07) is 3.36. The number of piperidine rings is 1. The van der Waals surface area contributed by atoms with E-state index in [0.29, 0.717) is 18.0 Å². The summed E-state index contributed by atoms with van der Waals surface area (Å²) >= 11 is 5.72. The second-order valence-corrected chi connectivity index (χ2v) is 6.41. The van der Waals surface area contributed by atoms with Gasteiger partial charge in [-0.2, -0.15) is 4.72 Å². The average molecular weight is 304 g/mol. The molecule has 1 fully saturated rings. The standard InChI is InChI=1S/C11H14ClN3O3S/c12-7-3-4-10(8(13)6-7)19(17,18)15-9-2-1-5-14-11(9)16/h3-4,6,9,15H,1-2,5,13H2,(H,14,16). The monoisotopic (exact) mass is 303 g/mol. The Labute approximate surface area is 116 Å². The molecule has 0 aliphatic carbocycles. The first kappa shape index (κ1) is 14.1. The highest BCUT2D eigenvalue weighted by Crippen LogP contribution is 2.23. The van der Waals surface area contributed by atoms with Crippen LogP contribution in [0.5, 0.6) is 0 Å². The van der Waals surface area contributed by atoms with Crippen LogP contribution in [0.3, 0.4) is 0 Å². The van der Waals surface area contributed by atoms with Crippen LogP contribution in [0.4, 0.5) is 5.69 Å².